The molecule has 0 aliphatic heterocycles. The van der Waals surface area contributed by atoms with Crippen LogP contribution in [0.2, 0.25) is 0 Å². The molecule has 0 saturated carbocycles. The average molecular weight is 247 g/mol. The molecular formula is C14H17NO3. The first-order chi connectivity index (χ1) is 8.79. The quantitative estimate of drug-likeness (QED) is 0.798. The largest absolute Gasteiger partial charge is 0.494 e. The lowest BCUT2D eigenvalue weighted by atomic mass is 10.1. The maximum Gasteiger partial charge on any atom is 0.283 e. The van der Waals surface area contributed by atoms with Gasteiger partial charge in [0.1, 0.15) is 12.0 Å². The van der Waals surface area contributed by atoms with Crippen LogP contribution in [-0.4, -0.2) is 11.8 Å². The Kier molecular flexibility index (Phi) is 4.23. The van der Waals surface area contributed by atoms with E-state index < -0.39 is 0 Å². The minimum Gasteiger partial charge on any atom is -0.494 e. The molecule has 18 heavy (non-hydrogen) atoms. The predicted molar refractivity (Wildman–Crippen MR) is 69.0 cm³/mol. The molecule has 0 fully saturated rings. The first-order valence-corrected chi connectivity index (χ1v) is 6.16. The fourth-order valence-corrected chi connectivity index (χ4v) is 1.65. The zero-order chi connectivity index (χ0) is 12.8. The third-order valence-corrected chi connectivity index (χ3v) is 2.73. The van der Waals surface area contributed by atoms with E-state index in [2.05, 4.69) is 12.1 Å². The van der Waals surface area contributed by atoms with Gasteiger partial charge in [0.05, 0.1) is 12.2 Å². The van der Waals surface area contributed by atoms with Gasteiger partial charge in [-0.05, 0) is 24.1 Å². The van der Waals surface area contributed by atoms with Crippen molar-refractivity contribution in [2.45, 2.75) is 26.2 Å². The van der Waals surface area contributed by atoms with Gasteiger partial charge in [-0.3, -0.25) is 4.79 Å². The fourth-order valence-electron chi connectivity index (χ4n) is 1.65. The lowest BCUT2D eigenvalue weighted by molar-refractivity contribution is 0.309. The Labute approximate surface area is 106 Å². The van der Waals surface area contributed by atoms with Crippen LogP contribution in [0.1, 0.15) is 30.9 Å². The Bertz CT molecular complexity index is 524. The minimum atomic E-state index is -0.168. The zero-order valence-electron chi connectivity index (χ0n) is 10.4. The van der Waals surface area contributed by atoms with Crippen molar-refractivity contribution in [3.8, 4) is 5.75 Å². The maximum absolute atomic E-state index is 11.3. The Hall–Kier alpha value is -1.97. The van der Waals surface area contributed by atoms with Gasteiger partial charge in [-0.25, -0.2) is 0 Å². The van der Waals surface area contributed by atoms with E-state index in [0.717, 1.165) is 30.8 Å². The van der Waals surface area contributed by atoms with Crippen molar-refractivity contribution in [2.24, 2.45) is 0 Å². The molecule has 96 valence electrons. The molecule has 0 unspecified atom stereocenters. The summed E-state index contributed by atoms with van der Waals surface area (Å²) >= 11 is 0. The highest BCUT2D eigenvalue weighted by Gasteiger charge is 2.03. The number of rotatable bonds is 6. The van der Waals surface area contributed by atoms with Crippen molar-refractivity contribution in [1.29, 1.82) is 0 Å². The van der Waals surface area contributed by atoms with E-state index in [4.69, 9.17) is 9.26 Å². The molecule has 4 nitrogen and oxygen atoms in total. The molecule has 0 spiro atoms. The number of hydrogen-bond donors (Lipinski definition) is 1. The Morgan fingerprint density at radius 1 is 1.28 bits per heavy atom. The first kappa shape index (κ1) is 12.5. The van der Waals surface area contributed by atoms with E-state index in [-0.39, 0.29) is 5.56 Å². The molecule has 0 saturated heterocycles. The first-order valence-electron chi connectivity index (χ1n) is 6.16. The minimum absolute atomic E-state index is 0.168. The lowest BCUT2D eigenvalue weighted by Gasteiger charge is -2.05. The SMILES string of the molecule is CCCCOc1ccc(Cc2co[nH]c2=O)cc1. The molecule has 0 aliphatic carbocycles. The summed E-state index contributed by atoms with van der Waals surface area (Å²) in [6.45, 7) is 2.88. The molecule has 0 aliphatic rings. The molecule has 0 radical (unpaired) electrons. The highest BCUT2D eigenvalue weighted by atomic mass is 16.5. The molecule has 4 heteroatoms. The summed E-state index contributed by atoms with van der Waals surface area (Å²) in [5, 5.41) is 2.28. The second-order valence-corrected chi connectivity index (χ2v) is 4.21. The van der Waals surface area contributed by atoms with Crippen LogP contribution in [0, 0.1) is 0 Å². The van der Waals surface area contributed by atoms with Gasteiger partial charge < -0.3 is 9.26 Å². The monoisotopic (exact) mass is 247 g/mol. The van der Waals surface area contributed by atoms with E-state index in [0.29, 0.717) is 12.0 Å². The van der Waals surface area contributed by atoms with Crippen molar-refractivity contribution >= 4 is 0 Å². The molecule has 0 atom stereocenters. The van der Waals surface area contributed by atoms with Crippen molar-refractivity contribution in [1.82, 2.24) is 5.16 Å². The third-order valence-electron chi connectivity index (χ3n) is 2.73. The van der Waals surface area contributed by atoms with Crippen LogP contribution in [-0.2, 0) is 6.42 Å². The number of unbranched alkanes of at least 4 members (excludes halogenated alkanes) is 1. The van der Waals surface area contributed by atoms with Gasteiger partial charge in [0.2, 0.25) is 0 Å². The number of nitrogens with one attached hydrogen (secondary N) is 1. The summed E-state index contributed by atoms with van der Waals surface area (Å²) in [4.78, 5) is 11.3. The van der Waals surface area contributed by atoms with Crippen molar-refractivity contribution in [3.05, 3.63) is 52.0 Å². The maximum atomic E-state index is 11.3. The summed E-state index contributed by atoms with van der Waals surface area (Å²) in [6, 6.07) is 7.79. The van der Waals surface area contributed by atoms with Gasteiger partial charge in [0, 0.05) is 6.42 Å². The second kappa shape index (κ2) is 6.10. The van der Waals surface area contributed by atoms with E-state index in [1.807, 2.05) is 24.3 Å². The van der Waals surface area contributed by atoms with Crippen LogP contribution in [0.15, 0.2) is 39.8 Å². The Morgan fingerprint density at radius 2 is 2.06 bits per heavy atom. The van der Waals surface area contributed by atoms with Crippen molar-refractivity contribution in [3.63, 3.8) is 0 Å². The summed E-state index contributed by atoms with van der Waals surface area (Å²) in [5.74, 6) is 0.869. The van der Waals surface area contributed by atoms with E-state index >= 15 is 0 Å². The second-order valence-electron chi connectivity index (χ2n) is 4.21. The van der Waals surface area contributed by atoms with Crippen molar-refractivity contribution < 1.29 is 9.26 Å². The van der Waals surface area contributed by atoms with Crippen LogP contribution < -0.4 is 10.3 Å². The lowest BCUT2D eigenvalue weighted by Crippen LogP contribution is -2.05. The van der Waals surface area contributed by atoms with E-state index in [1.165, 1.54) is 6.26 Å². The molecule has 0 amide bonds. The highest BCUT2D eigenvalue weighted by molar-refractivity contribution is 5.30. The topological polar surface area (TPSA) is 55.2 Å². The molecular weight excluding hydrogens is 230 g/mol. The van der Waals surface area contributed by atoms with Gasteiger partial charge in [-0.1, -0.05) is 25.5 Å². The Balaban J connectivity index is 1.95. The van der Waals surface area contributed by atoms with Gasteiger partial charge in [-0.2, -0.15) is 5.16 Å². The number of H-pyrrole nitrogens is 1. The molecule has 0 bridgehead atoms. The number of aromatic amines is 1. The highest BCUT2D eigenvalue weighted by Crippen LogP contribution is 2.14. The number of hydrogen-bond acceptors (Lipinski definition) is 3. The molecule has 1 heterocycles. The predicted octanol–water partition coefficient (Wildman–Crippen LogP) is 2.74. The Morgan fingerprint density at radius 3 is 2.67 bits per heavy atom. The van der Waals surface area contributed by atoms with Gasteiger partial charge in [0.15, 0.2) is 0 Å². The molecule has 2 rings (SSSR count). The standard InChI is InChI=1S/C14H17NO3/c1-2-3-8-17-13-6-4-11(5-7-13)9-12-10-18-15-14(12)16/h4-7,10H,2-3,8-9H2,1H3,(H,15,16). The third kappa shape index (κ3) is 3.26. The summed E-state index contributed by atoms with van der Waals surface area (Å²) < 4.78 is 10.3. The number of aromatic nitrogens is 1. The van der Waals surface area contributed by atoms with Gasteiger partial charge in [0.25, 0.3) is 5.56 Å². The molecule has 1 aromatic heterocycles. The van der Waals surface area contributed by atoms with Crippen LogP contribution in [0.3, 0.4) is 0 Å². The normalized spacial score (nSPS) is 10.5. The fraction of sp³-hybridized carbons (Fsp3) is 0.357. The molecule has 1 aromatic carbocycles. The summed E-state index contributed by atoms with van der Waals surface area (Å²) in [6.07, 6.45) is 4.21. The van der Waals surface area contributed by atoms with Crippen molar-refractivity contribution in [2.75, 3.05) is 6.61 Å². The smallest absolute Gasteiger partial charge is 0.283 e. The van der Waals surface area contributed by atoms with Crippen LogP contribution in [0.25, 0.3) is 0 Å². The van der Waals surface area contributed by atoms with Crippen LogP contribution in [0.5, 0.6) is 5.75 Å². The van der Waals surface area contributed by atoms with Gasteiger partial charge >= 0.3 is 0 Å². The summed E-state index contributed by atoms with van der Waals surface area (Å²) in [5.41, 5.74) is 1.53. The summed E-state index contributed by atoms with van der Waals surface area (Å²) in [7, 11) is 0. The van der Waals surface area contributed by atoms with E-state index in [9.17, 15) is 4.79 Å². The zero-order valence-corrected chi connectivity index (χ0v) is 10.4. The van der Waals surface area contributed by atoms with Gasteiger partial charge in [-0.15, -0.1) is 0 Å². The van der Waals surface area contributed by atoms with Crippen LogP contribution >= 0.6 is 0 Å². The van der Waals surface area contributed by atoms with Crippen LogP contribution in [0.4, 0.5) is 0 Å². The number of benzene rings is 1. The molecule has 2 aromatic rings. The average Bonchev–Trinajstić information content (AvgIpc) is 2.78. The number of ether oxygens (including phenoxy) is 1. The van der Waals surface area contributed by atoms with E-state index in [1.54, 1.807) is 0 Å². The molecule has 1 N–H and O–H groups in total.